The molecule has 2 aliphatic rings. The molecule has 3 rings (SSSR count). The monoisotopic (exact) mass is 312 g/mol. The molecule has 0 unspecified atom stereocenters. The molecule has 0 saturated carbocycles. The van der Waals surface area contributed by atoms with Gasteiger partial charge >= 0.3 is 0 Å². The van der Waals surface area contributed by atoms with Crippen molar-refractivity contribution in [2.45, 2.75) is 26.7 Å². The van der Waals surface area contributed by atoms with Crippen molar-refractivity contribution in [2.24, 2.45) is 11.8 Å². The molecule has 1 saturated heterocycles. The Kier molecular flexibility index (Phi) is 4.03. The zero-order chi connectivity index (χ0) is 16.6. The number of anilines is 1. The van der Waals surface area contributed by atoms with Crippen LogP contribution in [0.4, 0.5) is 5.69 Å². The topological polar surface area (TPSA) is 66.5 Å². The second-order valence-electron chi connectivity index (χ2n) is 6.21. The number of amides is 3. The predicted molar refractivity (Wildman–Crippen MR) is 86.6 cm³/mol. The number of fused-ring (bicyclic) bond motifs is 1. The summed E-state index contributed by atoms with van der Waals surface area (Å²) in [5.41, 5.74) is 2.78. The fourth-order valence-corrected chi connectivity index (χ4v) is 3.24. The summed E-state index contributed by atoms with van der Waals surface area (Å²) < 4.78 is 0. The first-order chi connectivity index (χ1) is 11.0. The van der Waals surface area contributed by atoms with Crippen LogP contribution in [-0.2, 0) is 14.4 Å². The Bertz CT molecular complexity index is 682. The van der Waals surface area contributed by atoms with Gasteiger partial charge in [-0.2, -0.15) is 0 Å². The van der Waals surface area contributed by atoms with E-state index in [9.17, 15) is 14.4 Å². The van der Waals surface area contributed by atoms with Gasteiger partial charge in [-0.05, 0) is 43.9 Å². The fraction of sp³-hybridized carbons (Fsp3) is 0.389. The third kappa shape index (κ3) is 2.79. The predicted octanol–water partition coefficient (Wildman–Crippen LogP) is 2.19. The number of carbonyl (C=O) groups is 3. The van der Waals surface area contributed by atoms with Crippen LogP contribution in [0.3, 0.4) is 0 Å². The molecule has 0 aromatic heterocycles. The van der Waals surface area contributed by atoms with Crippen LogP contribution in [0.25, 0.3) is 0 Å². The third-order valence-corrected chi connectivity index (χ3v) is 4.78. The number of hydrogen-bond acceptors (Lipinski definition) is 3. The third-order valence-electron chi connectivity index (χ3n) is 4.78. The van der Waals surface area contributed by atoms with E-state index in [0.29, 0.717) is 18.5 Å². The highest BCUT2D eigenvalue weighted by atomic mass is 16.2. The number of carbonyl (C=O) groups excluding carboxylic acids is 3. The van der Waals surface area contributed by atoms with Crippen LogP contribution in [0.15, 0.2) is 30.4 Å². The van der Waals surface area contributed by atoms with Crippen LogP contribution in [0, 0.1) is 25.7 Å². The van der Waals surface area contributed by atoms with Crippen molar-refractivity contribution in [1.82, 2.24) is 4.90 Å². The Morgan fingerprint density at radius 2 is 1.74 bits per heavy atom. The molecule has 5 heteroatoms. The van der Waals surface area contributed by atoms with Crippen LogP contribution in [0.1, 0.15) is 24.0 Å². The summed E-state index contributed by atoms with van der Waals surface area (Å²) >= 11 is 0. The molecule has 0 bridgehead atoms. The Hall–Kier alpha value is -2.43. The van der Waals surface area contributed by atoms with Crippen LogP contribution in [0.2, 0.25) is 0 Å². The van der Waals surface area contributed by atoms with E-state index < -0.39 is 0 Å². The van der Waals surface area contributed by atoms with Gasteiger partial charge in [0, 0.05) is 5.69 Å². The maximum absolute atomic E-state index is 12.4. The van der Waals surface area contributed by atoms with E-state index in [-0.39, 0.29) is 36.1 Å². The van der Waals surface area contributed by atoms with Crippen molar-refractivity contribution in [3.63, 3.8) is 0 Å². The lowest BCUT2D eigenvalue weighted by Crippen LogP contribution is -2.38. The summed E-state index contributed by atoms with van der Waals surface area (Å²) in [6.45, 7) is 3.69. The lowest BCUT2D eigenvalue weighted by atomic mass is 9.85. The van der Waals surface area contributed by atoms with Crippen molar-refractivity contribution in [1.29, 1.82) is 0 Å². The molecular formula is C18H20N2O3. The molecule has 2 atom stereocenters. The smallest absolute Gasteiger partial charge is 0.244 e. The minimum atomic E-state index is -0.341. The molecule has 1 aliphatic carbocycles. The summed E-state index contributed by atoms with van der Waals surface area (Å²) in [7, 11) is 0. The van der Waals surface area contributed by atoms with Gasteiger partial charge < -0.3 is 5.32 Å². The van der Waals surface area contributed by atoms with Crippen molar-refractivity contribution in [3.05, 3.63) is 41.5 Å². The molecule has 1 N–H and O–H groups in total. The number of benzene rings is 1. The van der Waals surface area contributed by atoms with E-state index in [4.69, 9.17) is 0 Å². The number of likely N-dealkylation sites (tertiary alicyclic amines) is 1. The number of allylic oxidation sites excluding steroid dienone is 2. The molecule has 23 heavy (non-hydrogen) atoms. The second kappa shape index (κ2) is 5.99. The number of nitrogens with one attached hydrogen (secondary N) is 1. The van der Waals surface area contributed by atoms with Crippen LogP contribution in [0.5, 0.6) is 0 Å². The largest absolute Gasteiger partial charge is 0.324 e. The molecule has 5 nitrogen and oxygen atoms in total. The molecule has 1 aliphatic heterocycles. The van der Waals surface area contributed by atoms with Gasteiger partial charge in [-0.25, -0.2) is 0 Å². The van der Waals surface area contributed by atoms with E-state index in [2.05, 4.69) is 5.32 Å². The lowest BCUT2D eigenvalue weighted by Gasteiger charge is -2.15. The van der Waals surface area contributed by atoms with E-state index in [0.717, 1.165) is 16.0 Å². The minimum Gasteiger partial charge on any atom is -0.324 e. The van der Waals surface area contributed by atoms with E-state index in [1.54, 1.807) is 0 Å². The minimum absolute atomic E-state index is 0.210. The molecule has 0 radical (unpaired) electrons. The Labute approximate surface area is 135 Å². The number of nitrogens with zero attached hydrogens (tertiary/aromatic N) is 1. The van der Waals surface area contributed by atoms with E-state index >= 15 is 0 Å². The summed E-state index contributed by atoms with van der Waals surface area (Å²) in [6, 6.07) is 5.65. The Morgan fingerprint density at radius 3 is 2.35 bits per heavy atom. The maximum Gasteiger partial charge on any atom is 0.244 e. The number of rotatable bonds is 3. The summed E-state index contributed by atoms with van der Waals surface area (Å²) in [5, 5.41) is 2.80. The Balaban J connectivity index is 1.70. The summed E-state index contributed by atoms with van der Waals surface area (Å²) in [6.07, 6.45) is 5.05. The second-order valence-corrected chi connectivity index (χ2v) is 6.21. The van der Waals surface area contributed by atoms with Crippen molar-refractivity contribution in [2.75, 3.05) is 11.9 Å². The van der Waals surface area contributed by atoms with Gasteiger partial charge in [-0.1, -0.05) is 24.3 Å². The number of aryl methyl sites for hydroxylation is 1. The van der Waals surface area contributed by atoms with E-state index in [1.807, 2.05) is 44.2 Å². The fourth-order valence-electron chi connectivity index (χ4n) is 3.24. The summed E-state index contributed by atoms with van der Waals surface area (Å²) in [5.74, 6) is -1.37. The average Bonchev–Trinajstić information content (AvgIpc) is 2.77. The molecule has 120 valence electrons. The van der Waals surface area contributed by atoms with Gasteiger partial charge in [0.05, 0.1) is 11.8 Å². The Morgan fingerprint density at radius 1 is 1.13 bits per heavy atom. The first-order valence-electron chi connectivity index (χ1n) is 7.85. The van der Waals surface area contributed by atoms with Gasteiger partial charge in [0.15, 0.2) is 0 Å². The highest BCUT2D eigenvalue weighted by molar-refractivity contribution is 6.08. The highest BCUT2D eigenvalue weighted by Crippen LogP contribution is 2.34. The van der Waals surface area contributed by atoms with Crippen LogP contribution in [-0.4, -0.2) is 29.2 Å². The molecule has 1 aromatic rings. The van der Waals surface area contributed by atoms with Crippen molar-refractivity contribution < 1.29 is 14.4 Å². The average molecular weight is 312 g/mol. The normalized spacial score (nSPS) is 23.1. The van der Waals surface area contributed by atoms with Crippen LogP contribution >= 0.6 is 0 Å². The zero-order valence-electron chi connectivity index (χ0n) is 13.3. The molecule has 0 spiro atoms. The van der Waals surface area contributed by atoms with Gasteiger partial charge in [-0.15, -0.1) is 0 Å². The highest BCUT2D eigenvalue weighted by Gasteiger charge is 2.47. The standard InChI is InChI=1S/C18H20N2O3/c1-11-6-5-9-15(12(11)2)19-16(21)10-20-17(22)13-7-3-4-8-14(13)18(20)23/h3-6,9,13-14H,7-8,10H2,1-2H3,(H,19,21)/t13-,14-/m1/s1. The quantitative estimate of drug-likeness (QED) is 0.687. The molecule has 1 fully saturated rings. The van der Waals surface area contributed by atoms with Gasteiger partial charge in [0.1, 0.15) is 6.54 Å². The summed E-state index contributed by atoms with van der Waals surface area (Å²) in [4.78, 5) is 38.1. The number of imide groups is 1. The molecular weight excluding hydrogens is 292 g/mol. The number of hydrogen-bond donors (Lipinski definition) is 1. The maximum atomic E-state index is 12.4. The molecule has 3 amide bonds. The zero-order valence-corrected chi connectivity index (χ0v) is 13.3. The van der Waals surface area contributed by atoms with Gasteiger partial charge in [0.25, 0.3) is 0 Å². The van der Waals surface area contributed by atoms with Crippen molar-refractivity contribution in [3.8, 4) is 0 Å². The van der Waals surface area contributed by atoms with E-state index in [1.165, 1.54) is 0 Å². The first-order valence-corrected chi connectivity index (χ1v) is 7.85. The molecule has 1 aromatic carbocycles. The SMILES string of the molecule is Cc1cccc(NC(=O)CN2C(=O)[C@@H]3CC=CC[C@H]3C2=O)c1C. The lowest BCUT2D eigenvalue weighted by molar-refractivity contribution is -0.142. The van der Waals surface area contributed by atoms with Gasteiger partial charge in [-0.3, -0.25) is 19.3 Å². The van der Waals surface area contributed by atoms with Crippen molar-refractivity contribution >= 4 is 23.4 Å². The first kappa shape index (κ1) is 15.5. The van der Waals surface area contributed by atoms with Crippen LogP contribution < -0.4 is 5.32 Å². The van der Waals surface area contributed by atoms with Gasteiger partial charge in [0.2, 0.25) is 17.7 Å². The molecule has 1 heterocycles.